The van der Waals surface area contributed by atoms with Crippen LogP contribution in [0.5, 0.6) is 0 Å². The quantitative estimate of drug-likeness (QED) is 0.361. The van der Waals surface area contributed by atoms with Crippen LogP contribution in [0.2, 0.25) is 5.02 Å². The van der Waals surface area contributed by atoms with Crippen molar-refractivity contribution < 1.29 is 19.2 Å². The van der Waals surface area contributed by atoms with E-state index in [4.69, 9.17) is 16.3 Å². The van der Waals surface area contributed by atoms with Crippen molar-refractivity contribution in [2.45, 2.75) is 13.5 Å². The number of fused-ring (bicyclic) bond motifs is 1. The van der Waals surface area contributed by atoms with Crippen molar-refractivity contribution in [1.29, 1.82) is 0 Å². The molecule has 3 rings (SSSR count). The third-order valence-electron chi connectivity index (χ3n) is 4.13. The predicted octanol–water partition coefficient (Wildman–Crippen LogP) is 2.77. The highest BCUT2D eigenvalue weighted by atomic mass is 35.5. The Labute approximate surface area is 174 Å². The van der Waals surface area contributed by atoms with Crippen LogP contribution >= 0.6 is 11.6 Å². The van der Waals surface area contributed by atoms with E-state index in [0.29, 0.717) is 10.8 Å². The Hall–Kier alpha value is -3.79. The second-order valence-electron chi connectivity index (χ2n) is 6.06. The monoisotopic (exact) mass is 430 g/mol. The number of nitrogens with zero attached hydrogens (tertiary/aromatic N) is 3. The number of anilines is 1. The van der Waals surface area contributed by atoms with Gasteiger partial charge in [-0.15, -0.1) is 0 Å². The third-order valence-corrected chi connectivity index (χ3v) is 4.36. The van der Waals surface area contributed by atoms with Crippen LogP contribution in [-0.4, -0.2) is 33.2 Å². The topological polar surface area (TPSA) is 133 Å². The molecule has 0 spiro atoms. The summed E-state index contributed by atoms with van der Waals surface area (Å²) in [7, 11) is 0. The molecule has 2 aromatic carbocycles. The first-order valence-corrected chi connectivity index (χ1v) is 9.10. The van der Waals surface area contributed by atoms with E-state index in [2.05, 4.69) is 10.4 Å². The zero-order valence-electron chi connectivity index (χ0n) is 15.6. The minimum atomic E-state index is -0.908. The first-order valence-electron chi connectivity index (χ1n) is 8.72. The molecule has 0 bridgehead atoms. The molecule has 0 unspecified atom stereocenters. The average molecular weight is 431 g/mol. The zero-order chi connectivity index (χ0) is 21.8. The molecule has 0 saturated carbocycles. The summed E-state index contributed by atoms with van der Waals surface area (Å²) in [5.41, 5.74) is -0.951. The molecule has 10 nitrogen and oxygen atoms in total. The van der Waals surface area contributed by atoms with Gasteiger partial charge in [0.25, 0.3) is 17.2 Å². The molecule has 0 aliphatic heterocycles. The normalized spacial score (nSPS) is 10.6. The third kappa shape index (κ3) is 4.28. The summed E-state index contributed by atoms with van der Waals surface area (Å²) in [5, 5.41) is 18.1. The predicted molar refractivity (Wildman–Crippen MR) is 109 cm³/mol. The number of carbonyl (C=O) groups is 2. The van der Waals surface area contributed by atoms with Crippen LogP contribution < -0.4 is 10.9 Å². The Kier molecular flexibility index (Phi) is 6.07. The number of benzene rings is 2. The number of rotatable bonds is 6. The standard InChI is InChI=1S/C19H15ClN4O6/c1-2-23-18(26)13-6-4-3-5-12(13)17(22-23)19(27)30-10-16(25)21-14-8-7-11(20)9-15(14)24(28)29/h3-9H,2,10H2,1H3,(H,21,25). The maximum Gasteiger partial charge on any atom is 0.359 e. The van der Waals surface area contributed by atoms with Gasteiger partial charge in [-0.3, -0.25) is 19.7 Å². The number of nitro benzene ring substituents is 1. The van der Waals surface area contributed by atoms with E-state index < -0.39 is 29.1 Å². The molecule has 0 radical (unpaired) electrons. The second kappa shape index (κ2) is 8.70. The minimum Gasteiger partial charge on any atom is -0.451 e. The summed E-state index contributed by atoms with van der Waals surface area (Å²) < 4.78 is 6.13. The summed E-state index contributed by atoms with van der Waals surface area (Å²) in [6, 6.07) is 10.2. The van der Waals surface area contributed by atoms with E-state index in [1.807, 2.05) is 0 Å². The number of aromatic nitrogens is 2. The lowest BCUT2D eigenvalue weighted by Crippen LogP contribution is -2.27. The maximum atomic E-state index is 12.5. The maximum absolute atomic E-state index is 12.5. The molecule has 1 amide bonds. The fourth-order valence-corrected chi connectivity index (χ4v) is 2.91. The highest BCUT2D eigenvalue weighted by molar-refractivity contribution is 6.31. The first kappa shape index (κ1) is 20.9. The van der Waals surface area contributed by atoms with E-state index in [0.717, 1.165) is 10.7 Å². The molecule has 154 valence electrons. The Balaban J connectivity index is 1.78. The van der Waals surface area contributed by atoms with Crippen molar-refractivity contribution >= 4 is 45.6 Å². The first-order chi connectivity index (χ1) is 14.3. The van der Waals surface area contributed by atoms with E-state index in [9.17, 15) is 24.5 Å². The van der Waals surface area contributed by atoms with Crippen LogP contribution in [0, 0.1) is 10.1 Å². The fraction of sp³-hybridized carbons (Fsp3) is 0.158. The van der Waals surface area contributed by atoms with Gasteiger partial charge in [0.05, 0.1) is 10.3 Å². The molecule has 0 aliphatic rings. The number of carbonyl (C=O) groups excluding carboxylic acids is 2. The van der Waals surface area contributed by atoms with Crippen LogP contribution in [0.3, 0.4) is 0 Å². The summed E-state index contributed by atoms with van der Waals surface area (Å²) in [6.07, 6.45) is 0. The van der Waals surface area contributed by atoms with Gasteiger partial charge < -0.3 is 10.1 Å². The van der Waals surface area contributed by atoms with Crippen molar-refractivity contribution in [3.05, 3.63) is 73.6 Å². The van der Waals surface area contributed by atoms with Crippen molar-refractivity contribution in [2.75, 3.05) is 11.9 Å². The van der Waals surface area contributed by atoms with Gasteiger partial charge in [0.1, 0.15) is 5.69 Å². The van der Waals surface area contributed by atoms with Gasteiger partial charge in [-0.25, -0.2) is 9.48 Å². The minimum absolute atomic E-state index is 0.0893. The van der Waals surface area contributed by atoms with E-state index in [-0.39, 0.29) is 28.5 Å². The Morgan fingerprint density at radius 3 is 2.60 bits per heavy atom. The largest absolute Gasteiger partial charge is 0.451 e. The summed E-state index contributed by atoms with van der Waals surface area (Å²) >= 11 is 5.73. The number of nitro groups is 1. The highest BCUT2D eigenvalue weighted by Gasteiger charge is 2.20. The molecule has 0 fully saturated rings. The Morgan fingerprint density at radius 2 is 1.93 bits per heavy atom. The van der Waals surface area contributed by atoms with E-state index in [1.165, 1.54) is 12.1 Å². The molecule has 1 aromatic heterocycles. The molecule has 11 heteroatoms. The number of ether oxygens (including phenoxy) is 1. The number of halogens is 1. The molecule has 1 N–H and O–H groups in total. The van der Waals surface area contributed by atoms with Crippen molar-refractivity contribution in [3.8, 4) is 0 Å². The van der Waals surface area contributed by atoms with Crippen LogP contribution in [0.4, 0.5) is 11.4 Å². The van der Waals surface area contributed by atoms with Gasteiger partial charge in [0.2, 0.25) is 0 Å². The van der Waals surface area contributed by atoms with E-state index >= 15 is 0 Å². The Morgan fingerprint density at radius 1 is 1.23 bits per heavy atom. The lowest BCUT2D eigenvalue weighted by Gasteiger charge is -2.10. The second-order valence-corrected chi connectivity index (χ2v) is 6.49. The molecular weight excluding hydrogens is 416 g/mol. The average Bonchev–Trinajstić information content (AvgIpc) is 2.73. The number of hydrogen-bond acceptors (Lipinski definition) is 7. The molecule has 30 heavy (non-hydrogen) atoms. The molecule has 3 aromatic rings. The van der Waals surface area contributed by atoms with Gasteiger partial charge >= 0.3 is 5.97 Å². The summed E-state index contributed by atoms with van der Waals surface area (Å²) in [5.74, 6) is -1.70. The summed E-state index contributed by atoms with van der Waals surface area (Å²) in [6.45, 7) is 1.23. The van der Waals surface area contributed by atoms with Crippen molar-refractivity contribution in [3.63, 3.8) is 0 Å². The number of hydrogen-bond donors (Lipinski definition) is 1. The van der Waals surface area contributed by atoms with Crippen molar-refractivity contribution in [1.82, 2.24) is 9.78 Å². The van der Waals surface area contributed by atoms with Gasteiger partial charge in [-0.1, -0.05) is 29.8 Å². The molecular formula is C19H15ClN4O6. The number of nitrogens with one attached hydrogen (secondary N) is 1. The highest BCUT2D eigenvalue weighted by Crippen LogP contribution is 2.27. The molecule has 0 aliphatic carbocycles. The van der Waals surface area contributed by atoms with Crippen LogP contribution in [0.1, 0.15) is 17.4 Å². The zero-order valence-corrected chi connectivity index (χ0v) is 16.4. The number of esters is 1. The molecule has 1 heterocycles. The summed E-state index contributed by atoms with van der Waals surface area (Å²) in [4.78, 5) is 47.4. The number of aryl methyl sites for hydroxylation is 1. The van der Waals surface area contributed by atoms with Crippen LogP contribution in [0.25, 0.3) is 10.8 Å². The Bertz CT molecular complexity index is 1220. The lowest BCUT2D eigenvalue weighted by atomic mass is 10.1. The van der Waals surface area contributed by atoms with Gasteiger partial charge in [0, 0.05) is 23.0 Å². The van der Waals surface area contributed by atoms with E-state index in [1.54, 1.807) is 31.2 Å². The van der Waals surface area contributed by atoms with Crippen LogP contribution in [0.15, 0.2) is 47.3 Å². The van der Waals surface area contributed by atoms with Gasteiger partial charge in [-0.2, -0.15) is 5.10 Å². The molecule has 0 atom stereocenters. The molecule has 0 saturated heterocycles. The SMILES string of the molecule is CCn1nc(C(=O)OCC(=O)Nc2ccc(Cl)cc2[N+](=O)[O-])c2ccccc2c1=O. The number of amides is 1. The van der Waals surface area contributed by atoms with Gasteiger partial charge in [0.15, 0.2) is 12.3 Å². The van der Waals surface area contributed by atoms with Crippen LogP contribution in [-0.2, 0) is 16.1 Å². The van der Waals surface area contributed by atoms with Crippen molar-refractivity contribution in [2.24, 2.45) is 0 Å². The van der Waals surface area contributed by atoms with Gasteiger partial charge in [-0.05, 0) is 25.1 Å². The smallest absolute Gasteiger partial charge is 0.359 e. The fourth-order valence-electron chi connectivity index (χ4n) is 2.75. The lowest BCUT2D eigenvalue weighted by molar-refractivity contribution is -0.383.